The number of benzene rings is 1. The van der Waals surface area contributed by atoms with Crippen LogP contribution in [0.15, 0.2) is 30.3 Å². The van der Waals surface area contributed by atoms with Crippen LogP contribution in [-0.4, -0.2) is 42.3 Å². The van der Waals surface area contributed by atoms with Gasteiger partial charge in [0.2, 0.25) is 17.7 Å². The minimum atomic E-state index is -0.253. The molecule has 1 aliphatic carbocycles. The Kier molecular flexibility index (Phi) is 6.26. The van der Waals surface area contributed by atoms with E-state index in [9.17, 15) is 14.4 Å². The summed E-state index contributed by atoms with van der Waals surface area (Å²) in [6.45, 7) is 1.30. The third kappa shape index (κ3) is 4.62. The number of amides is 3. The van der Waals surface area contributed by atoms with Gasteiger partial charge in [-0.1, -0.05) is 43.2 Å². The molecule has 1 atom stereocenters. The molecule has 6 nitrogen and oxygen atoms in total. The Bertz CT molecular complexity index is 641. The molecule has 0 unspecified atom stereocenters. The molecule has 3 rings (SSSR count). The molecule has 1 aromatic rings. The Morgan fingerprint density at radius 1 is 1.15 bits per heavy atom. The lowest BCUT2D eigenvalue weighted by Crippen LogP contribution is -2.39. The number of rotatable bonds is 5. The maximum Gasteiger partial charge on any atom is 0.224 e. The summed E-state index contributed by atoms with van der Waals surface area (Å²) in [4.78, 5) is 38.6. The Hall–Kier alpha value is -2.37. The molecule has 0 radical (unpaired) electrons. The summed E-state index contributed by atoms with van der Waals surface area (Å²) in [5, 5.41) is 5.74. The highest BCUT2D eigenvalue weighted by Gasteiger charge is 2.29. The highest BCUT2D eigenvalue weighted by molar-refractivity contribution is 5.82. The molecule has 1 saturated carbocycles. The lowest BCUT2D eigenvalue weighted by Gasteiger charge is -2.29. The Morgan fingerprint density at radius 2 is 1.88 bits per heavy atom. The van der Waals surface area contributed by atoms with E-state index >= 15 is 0 Å². The van der Waals surface area contributed by atoms with Crippen molar-refractivity contribution < 1.29 is 14.4 Å². The van der Waals surface area contributed by atoms with Crippen LogP contribution in [0.25, 0.3) is 0 Å². The third-order valence-electron chi connectivity index (χ3n) is 5.30. The minimum absolute atomic E-state index is 0.0259. The molecule has 140 valence electrons. The molecule has 0 bridgehead atoms. The number of nitrogens with one attached hydrogen (secondary N) is 2. The molecule has 0 aromatic heterocycles. The van der Waals surface area contributed by atoms with Crippen molar-refractivity contribution in [1.29, 1.82) is 0 Å². The Morgan fingerprint density at radius 3 is 2.62 bits per heavy atom. The van der Waals surface area contributed by atoms with Gasteiger partial charge in [-0.2, -0.15) is 0 Å². The van der Waals surface area contributed by atoms with Crippen molar-refractivity contribution in [2.75, 3.05) is 19.6 Å². The fraction of sp³-hybridized carbons (Fsp3) is 0.550. The summed E-state index contributed by atoms with van der Waals surface area (Å²) in [7, 11) is 0. The molecule has 2 aliphatic rings. The van der Waals surface area contributed by atoms with E-state index in [1.165, 1.54) is 0 Å². The number of hydrogen-bond acceptors (Lipinski definition) is 3. The van der Waals surface area contributed by atoms with Gasteiger partial charge in [-0.3, -0.25) is 14.4 Å². The van der Waals surface area contributed by atoms with Gasteiger partial charge in [-0.15, -0.1) is 0 Å². The lowest BCUT2D eigenvalue weighted by molar-refractivity contribution is -0.133. The zero-order chi connectivity index (χ0) is 18.4. The smallest absolute Gasteiger partial charge is 0.224 e. The summed E-state index contributed by atoms with van der Waals surface area (Å²) < 4.78 is 0. The van der Waals surface area contributed by atoms with Crippen LogP contribution in [0, 0.1) is 5.92 Å². The molecular formula is C20H27N3O3. The molecule has 2 fully saturated rings. The summed E-state index contributed by atoms with van der Waals surface area (Å²) in [5.41, 5.74) is 0.966. The topological polar surface area (TPSA) is 78.5 Å². The van der Waals surface area contributed by atoms with E-state index in [0.717, 1.165) is 31.2 Å². The van der Waals surface area contributed by atoms with Crippen molar-refractivity contribution in [2.45, 2.75) is 44.6 Å². The first kappa shape index (κ1) is 18.4. The number of carbonyl (C=O) groups excluding carboxylic acids is 3. The normalized spacial score (nSPS) is 21.2. The van der Waals surface area contributed by atoms with Crippen molar-refractivity contribution in [3.63, 3.8) is 0 Å². The third-order valence-corrected chi connectivity index (χ3v) is 5.30. The second-order valence-corrected chi connectivity index (χ2v) is 7.09. The molecule has 6 heteroatoms. The number of hydrogen-bond donors (Lipinski definition) is 2. The first-order valence-corrected chi connectivity index (χ1v) is 9.54. The maximum atomic E-state index is 12.8. The fourth-order valence-electron chi connectivity index (χ4n) is 3.87. The van der Waals surface area contributed by atoms with Crippen molar-refractivity contribution in [3.8, 4) is 0 Å². The van der Waals surface area contributed by atoms with Crippen LogP contribution in [0.5, 0.6) is 0 Å². The summed E-state index contributed by atoms with van der Waals surface area (Å²) in [6.07, 6.45) is 4.67. The van der Waals surface area contributed by atoms with Gasteiger partial charge in [0.1, 0.15) is 0 Å². The van der Waals surface area contributed by atoms with E-state index in [-0.39, 0.29) is 42.5 Å². The first-order chi connectivity index (χ1) is 12.6. The van der Waals surface area contributed by atoms with Crippen LogP contribution in [0.1, 0.15) is 50.1 Å². The van der Waals surface area contributed by atoms with Gasteiger partial charge in [0.05, 0.1) is 12.5 Å². The van der Waals surface area contributed by atoms with Crippen LogP contribution in [0.4, 0.5) is 0 Å². The SMILES string of the molecule is O=C1C[C@H](c2ccccc2)N(C(=O)CCNC(=O)C2CCCC2)CCN1. The lowest BCUT2D eigenvalue weighted by atomic mass is 10.0. The van der Waals surface area contributed by atoms with Crippen LogP contribution < -0.4 is 10.6 Å². The van der Waals surface area contributed by atoms with Gasteiger partial charge in [0.15, 0.2) is 0 Å². The number of nitrogens with zero attached hydrogens (tertiary/aromatic N) is 1. The number of carbonyl (C=O) groups is 3. The average molecular weight is 357 g/mol. The van der Waals surface area contributed by atoms with E-state index in [2.05, 4.69) is 10.6 Å². The van der Waals surface area contributed by atoms with Crippen LogP contribution in [0.3, 0.4) is 0 Å². The molecule has 26 heavy (non-hydrogen) atoms. The van der Waals surface area contributed by atoms with Gasteiger partial charge in [0.25, 0.3) is 0 Å². The van der Waals surface area contributed by atoms with Crippen LogP contribution >= 0.6 is 0 Å². The largest absolute Gasteiger partial charge is 0.355 e. The van der Waals surface area contributed by atoms with Gasteiger partial charge < -0.3 is 15.5 Å². The second kappa shape index (κ2) is 8.83. The van der Waals surface area contributed by atoms with E-state index in [0.29, 0.717) is 19.6 Å². The van der Waals surface area contributed by atoms with Gasteiger partial charge in [-0.25, -0.2) is 0 Å². The molecule has 1 aliphatic heterocycles. The Labute approximate surface area is 154 Å². The second-order valence-electron chi connectivity index (χ2n) is 7.09. The minimum Gasteiger partial charge on any atom is -0.355 e. The molecule has 1 saturated heterocycles. The molecule has 3 amide bonds. The van der Waals surface area contributed by atoms with Crippen LogP contribution in [-0.2, 0) is 14.4 Å². The standard InChI is InChI=1S/C20H27N3O3/c24-18-14-17(15-6-2-1-3-7-15)23(13-12-21-18)19(25)10-11-22-20(26)16-8-4-5-9-16/h1-3,6-7,16-17H,4-5,8-14H2,(H,21,24)(H,22,26)/t17-/m1/s1. The van der Waals surface area contributed by atoms with Crippen LogP contribution in [0.2, 0.25) is 0 Å². The summed E-state index contributed by atoms with van der Waals surface area (Å²) in [5.74, 6) is 0.121. The molecule has 0 spiro atoms. The van der Waals surface area contributed by atoms with Crippen molar-refractivity contribution >= 4 is 17.7 Å². The zero-order valence-electron chi connectivity index (χ0n) is 15.1. The molecular weight excluding hydrogens is 330 g/mol. The summed E-state index contributed by atoms with van der Waals surface area (Å²) >= 11 is 0. The van der Waals surface area contributed by atoms with Gasteiger partial charge >= 0.3 is 0 Å². The van der Waals surface area contributed by atoms with E-state index in [1.54, 1.807) is 4.90 Å². The summed E-state index contributed by atoms with van der Waals surface area (Å²) in [6, 6.07) is 9.41. The van der Waals surface area contributed by atoms with Gasteiger partial charge in [-0.05, 0) is 18.4 Å². The zero-order valence-corrected chi connectivity index (χ0v) is 15.1. The maximum absolute atomic E-state index is 12.8. The average Bonchev–Trinajstić information content (AvgIpc) is 3.12. The highest BCUT2D eigenvalue weighted by atomic mass is 16.2. The predicted octanol–water partition coefficient (Wildman–Crippen LogP) is 1.77. The molecule has 2 N–H and O–H groups in total. The molecule has 1 heterocycles. The highest BCUT2D eigenvalue weighted by Crippen LogP contribution is 2.26. The monoisotopic (exact) mass is 357 g/mol. The van der Waals surface area contributed by atoms with Crippen molar-refractivity contribution in [1.82, 2.24) is 15.5 Å². The van der Waals surface area contributed by atoms with Crippen molar-refractivity contribution in [2.24, 2.45) is 5.92 Å². The fourth-order valence-corrected chi connectivity index (χ4v) is 3.87. The van der Waals surface area contributed by atoms with Crippen molar-refractivity contribution in [3.05, 3.63) is 35.9 Å². The van der Waals surface area contributed by atoms with E-state index in [1.807, 2.05) is 30.3 Å². The Balaban J connectivity index is 1.59. The first-order valence-electron chi connectivity index (χ1n) is 9.54. The van der Waals surface area contributed by atoms with E-state index in [4.69, 9.17) is 0 Å². The van der Waals surface area contributed by atoms with Gasteiger partial charge in [0, 0.05) is 32.0 Å². The van der Waals surface area contributed by atoms with E-state index < -0.39 is 0 Å². The predicted molar refractivity (Wildman–Crippen MR) is 98.1 cm³/mol. The quantitative estimate of drug-likeness (QED) is 0.843. The molecule has 1 aromatic carbocycles.